The molecule has 1 heterocycles. The molecule has 0 spiro atoms. The van der Waals surface area contributed by atoms with Gasteiger partial charge in [0, 0.05) is 12.5 Å². The Kier molecular flexibility index (Phi) is 5.80. The van der Waals surface area contributed by atoms with Gasteiger partial charge in [0.15, 0.2) is 0 Å². The molecule has 2 aromatic rings. The third-order valence-corrected chi connectivity index (χ3v) is 6.98. The van der Waals surface area contributed by atoms with E-state index >= 15 is 0 Å². The molecule has 0 bridgehead atoms. The molecule has 0 aromatic heterocycles. The van der Waals surface area contributed by atoms with E-state index in [1.165, 1.54) is 5.56 Å². The van der Waals surface area contributed by atoms with Gasteiger partial charge in [0.05, 0.1) is 17.6 Å². The van der Waals surface area contributed by atoms with Crippen LogP contribution in [0.3, 0.4) is 0 Å². The van der Waals surface area contributed by atoms with E-state index in [0.29, 0.717) is 5.92 Å². The fourth-order valence-electron chi connectivity index (χ4n) is 5.56. The van der Waals surface area contributed by atoms with Gasteiger partial charge in [-0.25, -0.2) is 0 Å². The summed E-state index contributed by atoms with van der Waals surface area (Å²) >= 11 is 0. The first-order valence-corrected chi connectivity index (χ1v) is 10.6. The van der Waals surface area contributed by atoms with Gasteiger partial charge in [0.1, 0.15) is 0 Å². The van der Waals surface area contributed by atoms with E-state index in [9.17, 15) is 10.4 Å². The highest BCUT2D eigenvalue weighted by atomic mass is 16.3. The predicted octanol–water partition coefficient (Wildman–Crippen LogP) is 4.52. The van der Waals surface area contributed by atoms with Gasteiger partial charge in [0.2, 0.25) is 0 Å². The second-order valence-corrected chi connectivity index (χ2v) is 8.49. The van der Waals surface area contributed by atoms with Crippen molar-refractivity contribution in [1.29, 1.82) is 5.26 Å². The van der Waals surface area contributed by atoms with E-state index in [1.54, 1.807) is 0 Å². The van der Waals surface area contributed by atoms with Gasteiger partial charge in [-0.05, 0) is 55.8 Å². The molecule has 3 nitrogen and oxygen atoms in total. The highest BCUT2D eigenvalue weighted by Gasteiger charge is 2.51. The van der Waals surface area contributed by atoms with Gasteiger partial charge in [-0.15, -0.1) is 0 Å². The Morgan fingerprint density at radius 3 is 2.14 bits per heavy atom. The zero-order chi connectivity index (χ0) is 19.4. The number of rotatable bonds is 5. The highest BCUT2D eigenvalue weighted by molar-refractivity contribution is 5.36. The maximum Gasteiger partial charge on any atom is 0.0903 e. The van der Waals surface area contributed by atoms with Crippen LogP contribution in [0.2, 0.25) is 0 Å². The van der Waals surface area contributed by atoms with Crippen LogP contribution in [0.25, 0.3) is 0 Å². The average Bonchev–Trinajstić information content (AvgIpc) is 3.18. The molecular formula is C25H30N2O. The van der Waals surface area contributed by atoms with Crippen molar-refractivity contribution in [3.63, 3.8) is 0 Å². The minimum absolute atomic E-state index is 0.0468. The predicted molar refractivity (Wildman–Crippen MR) is 112 cm³/mol. The van der Waals surface area contributed by atoms with Crippen molar-refractivity contribution in [3.05, 3.63) is 71.8 Å². The number of hydrogen-bond acceptors (Lipinski definition) is 3. The van der Waals surface area contributed by atoms with Crippen molar-refractivity contribution in [1.82, 2.24) is 4.90 Å². The van der Waals surface area contributed by atoms with Gasteiger partial charge in [-0.1, -0.05) is 67.1 Å². The zero-order valence-corrected chi connectivity index (χ0v) is 16.5. The lowest BCUT2D eigenvalue weighted by Crippen LogP contribution is -2.48. The second-order valence-electron chi connectivity index (χ2n) is 8.49. The van der Waals surface area contributed by atoms with Gasteiger partial charge in [0.25, 0.3) is 0 Å². The quantitative estimate of drug-likeness (QED) is 0.837. The number of hydrogen-bond donors (Lipinski definition) is 1. The third-order valence-electron chi connectivity index (χ3n) is 6.98. The molecule has 28 heavy (non-hydrogen) atoms. The van der Waals surface area contributed by atoms with E-state index in [-0.39, 0.29) is 12.0 Å². The molecule has 3 unspecified atom stereocenters. The molecule has 0 radical (unpaired) electrons. The molecule has 2 aliphatic rings. The normalized spacial score (nSPS) is 25.9. The summed E-state index contributed by atoms with van der Waals surface area (Å²) in [4.78, 5) is 2.50. The monoisotopic (exact) mass is 374 g/mol. The van der Waals surface area contributed by atoms with Crippen LogP contribution >= 0.6 is 0 Å². The van der Waals surface area contributed by atoms with Gasteiger partial charge in [-0.2, -0.15) is 5.26 Å². The largest absolute Gasteiger partial charge is 0.393 e. The summed E-state index contributed by atoms with van der Waals surface area (Å²) in [7, 11) is 0. The lowest BCUT2D eigenvalue weighted by molar-refractivity contribution is 0.0507. The number of benzene rings is 2. The van der Waals surface area contributed by atoms with Crippen LogP contribution < -0.4 is 0 Å². The first-order chi connectivity index (χ1) is 13.7. The van der Waals surface area contributed by atoms with E-state index < -0.39 is 5.41 Å². The molecule has 1 N–H and O–H groups in total. The summed E-state index contributed by atoms with van der Waals surface area (Å²) in [6.07, 6.45) is 4.47. The molecule has 1 aliphatic heterocycles. The van der Waals surface area contributed by atoms with E-state index in [0.717, 1.165) is 57.3 Å². The van der Waals surface area contributed by atoms with Crippen LogP contribution in [0.15, 0.2) is 60.7 Å². The van der Waals surface area contributed by atoms with E-state index in [4.69, 9.17) is 0 Å². The molecular weight excluding hydrogens is 344 g/mol. The molecule has 1 saturated carbocycles. The number of aliphatic hydroxyl groups is 1. The molecule has 2 aromatic carbocycles. The van der Waals surface area contributed by atoms with Crippen molar-refractivity contribution in [3.8, 4) is 6.07 Å². The van der Waals surface area contributed by atoms with Crippen LogP contribution in [0, 0.1) is 23.2 Å². The topological polar surface area (TPSA) is 47.3 Å². The third kappa shape index (κ3) is 3.60. The summed E-state index contributed by atoms with van der Waals surface area (Å²) in [5.41, 5.74) is 1.88. The number of nitrogens with zero attached hydrogens (tertiary/aromatic N) is 2. The summed E-state index contributed by atoms with van der Waals surface area (Å²) in [5.74, 6) is 0.343. The van der Waals surface area contributed by atoms with Crippen LogP contribution in [0.1, 0.15) is 43.2 Å². The molecule has 3 heteroatoms. The second kappa shape index (κ2) is 8.47. The Hall–Kier alpha value is -2.15. The van der Waals surface area contributed by atoms with E-state index in [2.05, 4.69) is 53.4 Å². The number of likely N-dealkylation sites (tertiary alicyclic amines) is 1. The van der Waals surface area contributed by atoms with Crippen molar-refractivity contribution < 1.29 is 5.11 Å². The van der Waals surface area contributed by atoms with Gasteiger partial charge in [-0.3, -0.25) is 4.90 Å². The molecule has 0 amide bonds. The molecule has 1 aliphatic carbocycles. The fourth-order valence-corrected chi connectivity index (χ4v) is 5.56. The van der Waals surface area contributed by atoms with Crippen LogP contribution in [0.4, 0.5) is 0 Å². The molecule has 2 fully saturated rings. The standard InChI is InChI=1S/C25H30N2O/c26-19-25(21-10-5-2-6-11-21,23-12-7-13-24(23)28)22-14-16-27(17-15-22)18-20-8-3-1-4-9-20/h1-6,8-11,22-24,28H,7,12-18H2. The summed E-state index contributed by atoms with van der Waals surface area (Å²) in [5, 5.41) is 21.2. The first kappa shape index (κ1) is 19.2. The lowest BCUT2D eigenvalue weighted by atomic mass is 9.59. The van der Waals surface area contributed by atoms with Crippen LogP contribution in [-0.2, 0) is 12.0 Å². The Bertz CT molecular complexity index is 792. The lowest BCUT2D eigenvalue weighted by Gasteiger charge is -2.45. The Labute approximate surface area is 168 Å². The number of aliphatic hydroxyl groups excluding tert-OH is 1. The minimum Gasteiger partial charge on any atom is -0.393 e. The molecule has 1 saturated heterocycles. The Morgan fingerprint density at radius 1 is 0.929 bits per heavy atom. The summed E-state index contributed by atoms with van der Waals surface area (Å²) < 4.78 is 0. The average molecular weight is 375 g/mol. The molecule has 146 valence electrons. The first-order valence-electron chi connectivity index (χ1n) is 10.6. The van der Waals surface area contributed by atoms with Crippen molar-refractivity contribution in [2.45, 2.75) is 50.2 Å². The Morgan fingerprint density at radius 2 is 1.57 bits per heavy atom. The smallest absolute Gasteiger partial charge is 0.0903 e. The summed E-state index contributed by atoms with van der Waals surface area (Å²) in [6.45, 7) is 3.00. The number of nitriles is 1. The van der Waals surface area contributed by atoms with Crippen LogP contribution in [0.5, 0.6) is 0 Å². The SMILES string of the molecule is N#CC(c1ccccc1)(C1CCN(Cc2ccccc2)CC1)C1CCCC1O. The maximum absolute atomic E-state index is 10.7. The highest BCUT2D eigenvalue weighted by Crippen LogP contribution is 2.50. The van der Waals surface area contributed by atoms with Crippen molar-refractivity contribution in [2.24, 2.45) is 11.8 Å². The van der Waals surface area contributed by atoms with E-state index in [1.807, 2.05) is 18.2 Å². The fraction of sp³-hybridized carbons (Fsp3) is 0.480. The van der Waals surface area contributed by atoms with Gasteiger partial charge < -0.3 is 5.11 Å². The molecule has 3 atom stereocenters. The van der Waals surface area contributed by atoms with Gasteiger partial charge >= 0.3 is 0 Å². The zero-order valence-electron chi connectivity index (χ0n) is 16.5. The Balaban J connectivity index is 1.56. The minimum atomic E-state index is -0.573. The molecule has 4 rings (SSSR count). The number of piperidine rings is 1. The van der Waals surface area contributed by atoms with Crippen molar-refractivity contribution >= 4 is 0 Å². The maximum atomic E-state index is 10.7. The van der Waals surface area contributed by atoms with Crippen LogP contribution in [-0.4, -0.2) is 29.2 Å². The van der Waals surface area contributed by atoms with Crippen molar-refractivity contribution in [2.75, 3.05) is 13.1 Å². The summed E-state index contributed by atoms with van der Waals surface area (Å²) in [6, 6.07) is 23.7.